The minimum absolute atomic E-state index is 1.29. The van der Waals surface area contributed by atoms with Crippen LogP contribution in [0.5, 0.6) is 0 Å². The van der Waals surface area contributed by atoms with Crippen LogP contribution >= 0.6 is 0 Å². The van der Waals surface area contributed by atoms with Gasteiger partial charge in [0.1, 0.15) is 5.69 Å². The van der Waals surface area contributed by atoms with E-state index in [4.69, 9.17) is 0 Å². The van der Waals surface area contributed by atoms with Gasteiger partial charge < -0.3 is 4.55 Å². The molecule has 14 heavy (non-hydrogen) atoms. The second-order valence-corrected chi connectivity index (χ2v) is 3.07. The molecular formula is C4H2F4N3O2S-. The Morgan fingerprint density at radius 2 is 2.00 bits per heavy atom. The van der Waals surface area contributed by atoms with Crippen LogP contribution in [0.15, 0.2) is 0 Å². The molecule has 0 aromatic carbocycles. The molecule has 0 radical (unpaired) electrons. The summed E-state index contributed by atoms with van der Waals surface area (Å²) >= 11 is -3.32. The summed E-state index contributed by atoms with van der Waals surface area (Å²) in [5, 5.41) is 6.90. The molecule has 0 fully saturated rings. The van der Waals surface area contributed by atoms with Crippen LogP contribution in [-0.4, -0.2) is 24.2 Å². The maximum absolute atomic E-state index is 12.6. The molecule has 1 heterocycles. The fourth-order valence-electron chi connectivity index (χ4n) is 0.697. The van der Waals surface area contributed by atoms with Crippen molar-refractivity contribution < 1.29 is 26.3 Å². The first kappa shape index (κ1) is 11.0. The molecule has 2 unspecified atom stereocenters. The van der Waals surface area contributed by atoms with E-state index in [0.717, 1.165) is 0 Å². The molecule has 80 valence electrons. The highest BCUT2D eigenvalue weighted by Gasteiger charge is 2.40. The number of aromatic nitrogens is 3. The topological polar surface area (TPSA) is 81.7 Å². The molecule has 0 aliphatic rings. The highest BCUT2D eigenvalue weighted by atomic mass is 32.2. The second kappa shape index (κ2) is 3.61. The Morgan fingerprint density at radius 1 is 1.43 bits per heavy atom. The summed E-state index contributed by atoms with van der Waals surface area (Å²) in [5.74, 6) is 0. The molecule has 1 N–H and O–H groups in total. The van der Waals surface area contributed by atoms with E-state index < -0.39 is 34.1 Å². The molecule has 0 bridgehead atoms. The summed E-state index contributed by atoms with van der Waals surface area (Å²) in [7, 11) is 0. The average molecular weight is 232 g/mol. The van der Waals surface area contributed by atoms with Gasteiger partial charge in [0.25, 0.3) is 0 Å². The number of nitrogens with one attached hydrogen (secondary N) is 1. The highest BCUT2D eigenvalue weighted by molar-refractivity contribution is 7.79. The van der Waals surface area contributed by atoms with Crippen molar-refractivity contribution >= 4 is 11.1 Å². The van der Waals surface area contributed by atoms with E-state index >= 15 is 0 Å². The van der Waals surface area contributed by atoms with Crippen molar-refractivity contribution in [1.29, 1.82) is 0 Å². The van der Waals surface area contributed by atoms with Crippen molar-refractivity contribution in [3.63, 3.8) is 0 Å². The predicted molar refractivity (Wildman–Crippen MR) is 34.2 cm³/mol. The Labute approximate surface area is 76.8 Å². The maximum Gasteiger partial charge on any atom is 0.437 e. The van der Waals surface area contributed by atoms with Gasteiger partial charge in [-0.2, -0.15) is 28.6 Å². The summed E-state index contributed by atoms with van der Waals surface area (Å²) in [6.45, 7) is 0. The molecule has 0 amide bonds. The van der Waals surface area contributed by atoms with Crippen molar-refractivity contribution in [2.45, 2.75) is 11.7 Å². The molecular weight excluding hydrogens is 230 g/mol. The van der Waals surface area contributed by atoms with Crippen molar-refractivity contribution in [2.75, 3.05) is 0 Å². The van der Waals surface area contributed by atoms with Crippen LogP contribution in [0.25, 0.3) is 0 Å². The van der Waals surface area contributed by atoms with Crippen molar-refractivity contribution in [3.8, 4) is 0 Å². The number of H-pyrrole nitrogens is 1. The minimum atomic E-state index is -4.94. The van der Waals surface area contributed by atoms with E-state index in [1.165, 1.54) is 5.21 Å². The lowest BCUT2D eigenvalue weighted by Gasteiger charge is -2.10. The number of alkyl halides is 4. The summed E-state index contributed by atoms with van der Waals surface area (Å²) in [4.78, 5) is 0. The van der Waals surface area contributed by atoms with Gasteiger partial charge in [-0.1, -0.05) is 0 Å². The largest absolute Gasteiger partial charge is 0.770 e. The highest BCUT2D eigenvalue weighted by Crippen LogP contribution is 2.33. The van der Waals surface area contributed by atoms with E-state index in [0.29, 0.717) is 0 Å². The van der Waals surface area contributed by atoms with Crippen LogP contribution in [-0.2, 0) is 17.3 Å². The standard InChI is InChI=1S/C4H3F4N3O2S/c5-3(14(12)13)1-2(4(6,7)8)10-11-9-1/h3H,(H,12,13)(H,9,10,11)/p-1. The molecule has 10 heteroatoms. The normalized spacial score (nSPS) is 16.6. The van der Waals surface area contributed by atoms with E-state index in [1.54, 1.807) is 0 Å². The van der Waals surface area contributed by atoms with Gasteiger partial charge in [0.05, 0.1) is 0 Å². The fraction of sp³-hybridized carbons (Fsp3) is 0.500. The quantitative estimate of drug-likeness (QED) is 0.600. The minimum Gasteiger partial charge on any atom is -0.770 e. The van der Waals surface area contributed by atoms with E-state index in [-0.39, 0.29) is 0 Å². The molecule has 0 aliphatic carbocycles. The van der Waals surface area contributed by atoms with Crippen LogP contribution in [0.4, 0.5) is 17.6 Å². The third-order valence-electron chi connectivity index (χ3n) is 1.23. The van der Waals surface area contributed by atoms with E-state index in [2.05, 4.69) is 10.2 Å². The monoisotopic (exact) mass is 232 g/mol. The van der Waals surface area contributed by atoms with E-state index in [9.17, 15) is 26.3 Å². The Hall–Kier alpha value is -1.03. The molecule has 2 atom stereocenters. The zero-order chi connectivity index (χ0) is 10.9. The smallest absolute Gasteiger partial charge is 0.437 e. The molecule has 0 spiro atoms. The first-order valence-corrected chi connectivity index (χ1v) is 4.18. The van der Waals surface area contributed by atoms with Crippen LogP contribution in [0.3, 0.4) is 0 Å². The number of hydrogen-bond donors (Lipinski definition) is 1. The Kier molecular flexibility index (Phi) is 2.85. The molecule has 0 saturated heterocycles. The molecule has 1 aromatic rings. The number of hydrogen-bond acceptors (Lipinski definition) is 4. The third-order valence-corrected chi connectivity index (χ3v) is 1.79. The van der Waals surface area contributed by atoms with Crippen LogP contribution in [0, 0.1) is 0 Å². The first-order valence-electron chi connectivity index (χ1n) is 3.04. The van der Waals surface area contributed by atoms with Crippen LogP contribution in [0.2, 0.25) is 0 Å². The van der Waals surface area contributed by atoms with Gasteiger partial charge in [0, 0.05) is 0 Å². The van der Waals surface area contributed by atoms with Gasteiger partial charge in [0.15, 0.2) is 5.69 Å². The molecule has 0 saturated carbocycles. The summed E-state index contributed by atoms with van der Waals surface area (Å²) in [6.07, 6.45) is -4.94. The number of rotatable bonds is 2. The van der Waals surface area contributed by atoms with Crippen molar-refractivity contribution in [3.05, 3.63) is 11.4 Å². The maximum atomic E-state index is 12.6. The summed E-state index contributed by atoms with van der Waals surface area (Å²) in [6, 6.07) is 0. The molecule has 5 nitrogen and oxygen atoms in total. The zero-order valence-electron chi connectivity index (χ0n) is 6.21. The van der Waals surface area contributed by atoms with Gasteiger partial charge >= 0.3 is 6.18 Å². The van der Waals surface area contributed by atoms with Gasteiger partial charge in [-0.15, -0.1) is 0 Å². The van der Waals surface area contributed by atoms with Crippen LogP contribution in [0.1, 0.15) is 16.9 Å². The second-order valence-electron chi connectivity index (χ2n) is 2.13. The third kappa shape index (κ3) is 2.07. The average Bonchev–Trinajstić information content (AvgIpc) is 2.48. The molecule has 1 rings (SSSR count). The lowest BCUT2D eigenvalue weighted by atomic mass is 10.3. The predicted octanol–water partition coefficient (Wildman–Crippen LogP) is 0.671. The van der Waals surface area contributed by atoms with Gasteiger partial charge in [-0.05, 0) is 11.1 Å². The van der Waals surface area contributed by atoms with Crippen LogP contribution < -0.4 is 0 Å². The number of halogens is 4. The lowest BCUT2D eigenvalue weighted by molar-refractivity contribution is -0.142. The summed E-state index contributed by atoms with van der Waals surface area (Å²) in [5.41, 5.74) is -5.80. The SMILES string of the molecule is O=S([O-])C(F)c1n[nH]nc1C(F)(F)F. The Bertz CT molecular complexity index is 351. The van der Waals surface area contributed by atoms with Crippen molar-refractivity contribution in [1.82, 2.24) is 15.4 Å². The fourth-order valence-corrected chi connectivity index (χ4v) is 1.04. The molecule has 1 aromatic heterocycles. The van der Waals surface area contributed by atoms with Crippen molar-refractivity contribution in [2.24, 2.45) is 0 Å². The van der Waals surface area contributed by atoms with Gasteiger partial charge in [-0.3, -0.25) is 4.21 Å². The lowest BCUT2D eigenvalue weighted by Crippen LogP contribution is -2.12. The molecule has 0 aliphatic heterocycles. The summed E-state index contributed by atoms with van der Waals surface area (Å²) < 4.78 is 68.8. The van der Waals surface area contributed by atoms with Gasteiger partial charge in [0.2, 0.25) is 5.50 Å². The number of aromatic amines is 1. The van der Waals surface area contributed by atoms with Gasteiger partial charge in [-0.25, -0.2) is 4.39 Å². The first-order chi connectivity index (χ1) is 6.34. The van der Waals surface area contributed by atoms with E-state index in [1.807, 2.05) is 0 Å². The zero-order valence-corrected chi connectivity index (χ0v) is 7.02. The number of nitrogens with zero attached hydrogens (tertiary/aromatic N) is 2. The Balaban J connectivity index is 3.11. The Morgan fingerprint density at radius 3 is 2.43 bits per heavy atom.